The van der Waals surface area contributed by atoms with Crippen LogP contribution in [0.15, 0.2) is 11.6 Å². The molecule has 9 aliphatic rings. The van der Waals surface area contributed by atoms with Crippen molar-refractivity contribution < 1.29 is 89.0 Å². The minimum absolute atomic E-state index is 0.0795. The van der Waals surface area contributed by atoms with E-state index in [0.717, 1.165) is 38.5 Å². The smallest absolute Gasteiger partial charge is 0.187 e. The van der Waals surface area contributed by atoms with Crippen LogP contribution < -0.4 is 0 Å². The third-order valence-corrected chi connectivity index (χ3v) is 18.0. The van der Waals surface area contributed by atoms with Gasteiger partial charge in [0.25, 0.3) is 0 Å². The average molecular weight is 901 g/mol. The van der Waals surface area contributed by atoms with Crippen molar-refractivity contribution in [3.05, 3.63) is 11.6 Å². The molecule has 9 rings (SSSR count). The fourth-order valence-electron chi connectivity index (χ4n) is 14.0. The molecular formula is C45H72O18. The molecule has 5 heterocycles. The van der Waals surface area contributed by atoms with E-state index in [-0.39, 0.29) is 41.3 Å². The molecule has 8 fully saturated rings. The molecule has 5 aliphatic heterocycles. The van der Waals surface area contributed by atoms with Crippen molar-refractivity contribution >= 4 is 0 Å². The van der Waals surface area contributed by atoms with E-state index in [1.807, 2.05) is 0 Å². The summed E-state index contributed by atoms with van der Waals surface area (Å²) in [6.45, 7) is 9.51. The third-order valence-electron chi connectivity index (χ3n) is 18.0. The van der Waals surface area contributed by atoms with Crippen LogP contribution in [0.5, 0.6) is 0 Å². The molecule has 18 heteroatoms. The molecule has 5 saturated heterocycles. The van der Waals surface area contributed by atoms with Crippen LogP contribution in [-0.2, 0) is 37.9 Å². The number of aliphatic hydroxyl groups is 10. The zero-order chi connectivity index (χ0) is 45.1. The highest BCUT2D eigenvalue weighted by Gasteiger charge is 2.76. The van der Waals surface area contributed by atoms with Crippen LogP contribution in [0.4, 0.5) is 0 Å². The molecule has 0 bridgehead atoms. The molecule has 0 aromatic rings. The minimum Gasteiger partial charge on any atom is -0.396 e. The maximum Gasteiger partial charge on any atom is 0.187 e. The van der Waals surface area contributed by atoms with Gasteiger partial charge in [-0.05, 0) is 88.4 Å². The molecule has 4 aliphatic carbocycles. The van der Waals surface area contributed by atoms with Crippen LogP contribution >= 0.6 is 0 Å². The van der Waals surface area contributed by atoms with Crippen LogP contribution in [0.1, 0.15) is 92.4 Å². The molecule has 360 valence electrons. The van der Waals surface area contributed by atoms with Gasteiger partial charge in [-0.15, -0.1) is 0 Å². The quantitative estimate of drug-likeness (QED) is 0.135. The number of hydrogen-bond acceptors (Lipinski definition) is 18. The highest BCUT2D eigenvalue weighted by molar-refractivity contribution is 5.29. The molecule has 63 heavy (non-hydrogen) atoms. The van der Waals surface area contributed by atoms with Gasteiger partial charge < -0.3 is 89.0 Å². The van der Waals surface area contributed by atoms with Crippen molar-refractivity contribution in [2.24, 2.45) is 40.4 Å². The fourth-order valence-corrected chi connectivity index (χ4v) is 14.0. The van der Waals surface area contributed by atoms with E-state index >= 15 is 0 Å². The van der Waals surface area contributed by atoms with Gasteiger partial charge in [-0.1, -0.05) is 32.4 Å². The average Bonchev–Trinajstić information content (AvgIpc) is 3.62. The van der Waals surface area contributed by atoms with Gasteiger partial charge in [0.2, 0.25) is 0 Å². The first-order valence-corrected chi connectivity index (χ1v) is 23.5. The van der Waals surface area contributed by atoms with E-state index in [1.165, 1.54) is 19.4 Å². The van der Waals surface area contributed by atoms with Crippen molar-refractivity contribution in [3.63, 3.8) is 0 Å². The largest absolute Gasteiger partial charge is 0.396 e. The standard InChI is InChI=1S/C45H72O18/c1-19-30(48)32(50)34(52)39(57-19)61-37-28(17-47)60-41(38(36(37)54)62-40-35(53)33(51)31(49)20(2)58-40)59-24-9-11-42(4)23(14-24)6-7-25-26(42)10-12-43(5)27(25)15-29-45(43,55)21(3)44(63-29)13-8-22(16-46)18-56-44/h6,19-22,24-41,46-55H,7-18H2,1-5H3/t19-,20-,21+,22-,24-,25+,26-,27-,28+,29-,30-,31-,32+,33+,34+,35+,36-,37+,38+,39-,40-,41+,42-,43-,44+,45+/m0/s1. The summed E-state index contributed by atoms with van der Waals surface area (Å²) in [5.74, 6) is -0.00547. The lowest BCUT2D eigenvalue weighted by Crippen LogP contribution is -2.66. The summed E-state index contributed by atoms with van der Waals surface area (Å²) < 4.78 is 49.7. The van der Waals surface area contributed by atoms with Gasteiger partial charge in [-0.3, -0.25) is 0 Å². The molecule has 18 nitrogen and oxygen atoms in total. The van der Waals surface area contributed by atoms with Gasteiger partial charge in [0.15, 0.2) is 24.7 Å². The number of rotatable bonds is 8. The lowest BCUT2D eigenvalue weighted by Gasteiger charge is -2.60. The van der Waals surface area contributed by atoms with Crippen molar-refractivity contribution in [1.82, 2.24) is 0 Å². The van der Waals surface area contributed by atoms with E-state index < -0.39 is 116 Å². The summed E-state index contributed by atoms with van der Waals surface area (Å²) in [4.78, 5) is 0. The molecule has 0 aromatic carbocycles. The normalized spacial score (nSPS) is 58.1. The SMILES string of the molecule is C[C@@H]1O[C@@H](O[C@H]2[C@H](O[C@H]3CC[C@@]4(C)C(=CC[C@@H]5[C@@H]4CC[C@@]4(C)[C@H]5C[C@@H]5O[C@]6(CC[C@@H](CO)CO6)[C@@H](C)[C@@]54O)C3)O[C@H](CO)[C@@H](O[C@@H]3O[C@@H](C)[C@H](O)[C@@H](O)[C@H]3O)[C@@H]2O)[C@H](O)[C@H](O)[C@H]1O. The first-order chi connectivity index (χ1) is 29.8. The van der Waals surface area contributed by atoms with Gasteiger partial charge in [0, 0.05) is 30.3 Å². The predicted molar refractivity (Wildman–Crippen MR) is 216 cm³/mol. The van der Waals surface area contributed by atoms with Gasteiger partial charge in [0.05, 0.1) is 37.6 Å². The summed E-state index contributed by atoms with van der Waals surface area (Å²) in [7, 11) is 0. The topological polar surface area (TPSA) is 276 Å². The van der Waals surface area contributed by atoms with E-state index in [2.05, 4.69) is 26.8 Å². The van der Waals surface area contributed by atoms with Crippen molar-refractivity contribution in [3.8, 4) is 0 Å². The van der Waals surface area contributed by atoms with Crippen molar-refractivity contribution in [1.29, 1.82) is 0 Å². The Morgan fingerprint density at radius 1 is 0.683 bits per heavy atom. The fraction of sp³-hybridized carbons (Fsp3) is 0.956. The first kappa shape index (κ1) is 47.1. The zero-order valence-electron chi connectivity index (χ0n) is 37.0. The summed E-state index contributed by atoms with van der Waals surface area (Å²) in [6, 6.07) is 0. The molecular weight excluding hydrogens is 828 g/mol. The van der Waals surface area contributed by atoms with Crippen LogP contribution in [-0.4, -0.2) is 187 Å². The third kappa shape index (κ3) is 7.35. The summed E-state index contributed by atoms with van der Waals surface area (Å²) in [5.41, 5.74) is -0.267. The van der Waals surface area contributed by atoms with Gasteiger partial charge in [0.1, 0.15) is 66.6 Å². The Hall–Kier alpha value is -0.980. The molecule has 0 radical (unpaired) electrons. The Bertz CT molecular complexity index is 1660. The van der Waals surface area contributed by atoms with Gasteiger partial charge >= 0.3 is 0 Å². The van der Waals surface area contributed by atoms with Gasteiger partial charge in [-0.25, -0.2) is 0 Å². The van der Waals surface area contributed by atoms with Crippen molar-refractivity contribution in [2.75, 3.05) is 19.8 Å². The molecule has 0 aromatic heterocycles. The van der Waals surface area contributed by atoms with Crippen LogP contribution in [0.25, 0.3) is 0 Å². The Morgan fingerprint density at radius 2 is 1.33 bits per heavy atom. The second-order valence-electron chi connectivity index (χ2n) is 21.1. The Morgan fingerprint density at radius 3 is 1.94 bits per heavy atom. The zero-order valence-corrected chi connectivity index (χ0v) is 37.0. The molecule has 26 atom stereocenters. The number of aliphatic hydroxyl groups excluding tert-OH is 9. The maximum absolute atomic E-state index is 12.8. The molecule has 1 spiro atoms. The van der Waals surface area contributed by atoms with Crippen molar-refractivity contribution in [2.45, 2.75) is 208 Å². The van der Waals surface area contributed by atoms with Gasteiger partial charge in [-0.2, -0.15) is 0 Å². The summed E-state index contributed by atoms with van der Waals surface area (Å²) >= 11 is 0. The highest BCUT2D eigenvalue weighted by Crippen LogP contribution is 2.72. The Kier molecular flexibility index (Phi) is 12.9. The van der Waals surface area contributed by atoms with Crippen LogP contribution in [0, 0.1) is 40.4 Å². The maximum atomic E-state index is 12.8. The number of hydrogen-bond donors (Lipinski definition) is 10. The molecule has 0 unspecified atom stereocenters. The lowest BCUT2D eigenvalue weighted by atomic mass is 9.46. The minimum atomic E-state index is -1.73. The second kappa shape index (κ2) is 17.2. The van der Waals surface area contributed by atoms with E-state index in [4.69, 9.17) is 37.9 Å². The summed E-state index contributed by atoms with van der Waals surface area (Å²) in [5, 5.41) is 108. The Balaban J connectivity index is 0.920. The predicted octanol–water partition coefficient (Wildman–Crippen LogP) is -0.671. The number of fused-ring (bicyclic) bond motifs is 7. The Labute approximate surface area is 368 Å². The second-order valence-corrected chi connectivity index (χ2v) is 21.1. The first-order valence-electron chi connectivity index (χ1n) is 23.5. The van der Waals surface area contributed by atoms with E-state index in [1.54, 1.807) is 0 Å². The monoisotopic (exact) mass is 900 g/mol. The molecule has 3 saturated carbocycles. The van der Waals surface area contributed by atoms with E-state index in [0.29, 0.717) is 37.7 Å². The molecule has 10 N–H and O–H groups in total. The molecule has 0 amide bonds. The van der Waals surface area contributed by atoms with E-state index in [9.17, 15) is 51.1 Å². The van der Waals surface area contributed by atoms with Crippen LogP contribution in [0.3, 0.4) is 0 Å². The van der Waals surface area contributed by atoms with Crippen LogP contribution in [0.2, 0.25) is 0 Å². The highest BCUT2D eigenvalue weighted by atomic mass is 16.8. The number of ether oxygens (including phenoxy) is 8. The number of allylic oxidation sites excluding steroid dienone is 1. The summed E-state index contributed by atoms with van der Waals surface area (Å²) in [6.07, 6.45) is -13.4. The lowest BCUT2D eigenvalue weighted by molar-refractivity contribution is -0.388.